The molecule has 0 saturated carbocycles. The molecule has 162 valence electrons. The molecule has 0 aromatic heterocycles. The van der Waals surface area contributed by atoms with Crippen LogP contribution in [0.2, 0.25) is 0 Å². The third-order valence-corrected chi connectivity index (χ3v) is 5.24. The smallest absolute Gasteiger partial charge is 0.171 e. The lowest BCUT2D eigenvalue weighted by molar-refractivity contribution is 0.134. The van der Waals surface area contributed by atoms with Crippen molar-refractivity contribution in [3.05, 3.63) is 120 Å². The van der Waals surface area contributed by atoms with Gasteiger partial charge in [-0.3, -0.25) is 0 Å². The molecule has 1 aliphatic heterocycles. The Kier molecular flexibility index (Phi) is 6.76. The molecule has 1 heterocycles. The summed E-state index contributed by atoms with van der Waals surface area (Å²) in [6.45, 7) is 5.12. The Balaban J connectivity index is 1.70. The van der Waals surface area contributed by atoms with Gasteiger partial charge in [0.15, 0.2) is 17.1 Å². The molecule has 0 N–H and O–H groups in total. The number of hydrogen-bond donors (Lipinski definition) is 0. The minimum absolute atomic E-state index is 0.582. The maximum Gasteiger partial charge on any atom is 0.171 e. The van der Waals surface area contributed by atoms with Crippen LogP contribution in [0, 0.1) is 0 Å². The lowest BCUT2D eigenvalue weighted by atomic mass is 9.90. The van der Waals surface area contributed by atoms with Gasteiger partial charge in [0.25, 0.3) is 0 Å². The van der Waals surface area contributed by atoms with Gasteiger partial charge >= 0.3 is 0 Å². The average Bonchev–Trinajstić information content (AvgIpc) is 2.86. The van der Waals surface area contributed by atoms with Gasteiger partial charge in [-0.1, -0.05) is 78.9 Å². The molecule has 1 unspecified atom stereocenters. The molecule has 0 aliphatic carbocycles. The van der Waals surface area contributed by atoms with Crippen LogP contribution in [0.25, 0.3) is 11.8 Å². The van der Waals surface area contributed by atoms with Crippen LogP contribution < -0.4 is 9.47 Å². The first-order valence-corrected chi connectivity index (χ1v) is 11.0. The van der Waals surface area contributed by atoms with Gasteiger partial charge < -0.3 is 14.2 Å². The summed E-state index contributed by atoms with van der Waals surface area (Å²) in [7, 11) is 0. The number of allylic oxidation sites excluding steroid dienone is 2. The van der Waals surface area contributed by atoms with Crippen molar-refractivity contribution in [1.29, 1.82) is 0 Å². The standard InChI is InChI=1S/C29H28O3/c1-3-30-27-18-17-23(22-28(27)31-4-2)19-21-29(25-14-9-6-10-15-25)20-11-16-26(32-29)24-12-7-5-8-13-24/h5-22H,3-4H2,1-2H3. The third kappa shape index (κ3) is 4.78. The lowest BCUT2D eigenvalue weighted by Gasteiger charge is -2.33. The van der Waals surface area contributed by atoms with Gasteiger partial charge in [-0.25, -0.2) is 0 Å². The summed E-state index contributed by atoms with van der Waals surface area (Å²) in [5.41, 5.74) is 2.40. The maximum absolute atomic E-state index is 6.64. The molecule has 0 amide bonds. The molecule has 3 aromatic carbocycles. The van der Waals surface area contributed by atoms with Crippen LogP contribution in [0.15, 0.2) is 103 Å². The first kappa shape index (κ1) is 21.5. The highest BCUT2D eigenvalue weighted by Crippen LogP contribution is 2.38. The monoisotopic (exact) mass is 424 g/mol. The Morgan fingerprint density at radius 2 is 1.50 bits per heavy atom. The number of rotatable bonds is 8. The highest BCUT2D eigenvalue weighted by molar-refractivity contribution is 5.66. The number of benzene rings is 3. The molecule has 0 fully saturated rings. The molecule has 0 bridgehead atoms. The van der Waals surface area contributed by atoms with Crippen LogP contribution in [0.5, 0.6) is 11.5 Å². The molecule has 3 aromatic rings. The quantitative estimate of drug-likeness (QED) is 0.389. The Hall–Kier alpha value is -3.72. The molecule has 3 nitrogen and oxygen atoms in total. The zero-order chi connectivity index (χ0) is 22.2. The topological polar surface area (TPSA) is 27.7 Å². The Labute approximate surface area is 190 Å². The van der Waals surface area contributed by atoms with Crippen molar-refractivity contribution in [2.75, 3.05) is 13.2 Å². The van der Waals surface area contributed by atoms with Crippen LogP contribution in [0.4, 0.5) is 0 Å². The SMILES string of the molecule is CCOc1ccc(C=CC2(c3ccccc3)C=CC=C(c3ccccc3)O2)cc1OCC. The molecular formula is C29H28O3. The van der Waals surface area contributed by atoms with Crippen molar-refractivity contribution in [2.24, 2.45) is 0 Å². The first-order chi connectivity index (χ1) is 15.7. The largest absolute Gasteiger partial charge is 0.490 e. The summed E-state index contributed by atoms with van der Waals surface area (Å²) in [6, 6.07) is 26.4. The van der Waals surface area contributed by atoms with Gasteiger partial charge in [0.1, 0.15) is 5.76 Å². The summed E-state index contributed by atoms with van der Waals surface area (Å²) in [4.78, 5) is 0. The molecule has 3 heteroatoms. The van der Waals surface area contributed by atoms with E-state index in [4.69, 9.17) is 14.2 Å². The Morgan fingerprint density at radius 1 is 0.812 bits per heavy atom. The number of ether oxygens (including phenoxy) is 3. The van der Waals surface area contributed by atoms with E-state index >= 15 is 0 Å². The van der Waals surface area contributed by atoms with E-state index in [0.29, 0.717) is 13.2 Å². The van der Waals surface area contributed by atoms with Crippen LogP contribution in [0.3, 0.4) is 0 Å². The predicted octanol–water partition coefficient (Wildman–Crippen LogP) is 7.02. The van der Waals surface area contributed by atoms with Crippen molar-refractivity contribution in [2.45, 2.75) is 19.4 Å². The van der Waals surface area contributed by atoms with Crippen molar-refractivity contribution in [3.8, 4) is 11.5 Å². The summed E-state index contributed by atoms with van der Waals surface area (Å²) in [6.07, 6.45) is 10.3. The second-order valence-electron chi connectivity index (χ2n) is 7.42. The molecule has 4 rings (SSSR count). The summed E-state index contributed by atoms with van der Waals surface area (Å²) < 4.78 is 18.1. The minimum atomic E-state index is -0.717. The average molecular weight is 425 g/mol. The molecule has 32 heavy (non-hydrogen) atoms. The van der Waals surface area contributed by atoms with Gasteiger partial charge in [0.05, 0.1) is 13.2 Å². The lowest BCUT2D eigenvalue weighted by Crippen LogP contribution is -2.26. The first-order valence-electron chi connectivity index (χ1n) is 11.0. The molecule has 0 spiro atoms. The molecule has 1 atom stereocenters. The zero-order valence-corrected chi connectivity index (χ0v) is 18.5. The van der Waals surface area contributed by atoms with E-state index in [-0.39, 0.29) is 0 Å². The van der Waals surface area contributed by atoms with E-state index in [9.17, 15) is 0 Å². The van der Waals surface area contributed by atoms with Crippen LogP contribution in [-0.2, 0) is 10.3 Å². The van der Waals surface area contributed by atoms with E-state index in [1.807, 2.05) is 74.5 Å². The van der Waals surface area contributed by atoms with Crippen molar-refractivity contribution in [1.82, 2.24) is 0 Å². The van der Waals surface area contributed by atoms with Crippen molar-refractivity contribution < 1.29 is 14.2 Å². The fourth-order valence-corrected chi connectivity index (χ4v) is 3.72. The van der Waals surface area contributed by atoms with E-state index in [1.165, 1.54) is 0 Å². The highest BCUT2D eigenvalue weighted by Gasteiger charge is 2.31. The normalized spacial score (nSPS) is 17.6. The van der Waals surface area contributed by atoms with Gasteiger partial charge in [-0.05, 0) is 49.8 Å². The Morgan fingerprint density at radius 3 is 2.22 bits per heavy atom. The van der Waals surface area contributed by atoms with Gasteiger partial charge in [-0.2, -0.15) is 0 Å². The fourth-order valence-electron chi connectivity index (χ4n) is 3.72. The third-order valence-electron chi connectivity index (χ3n) is 5.24. The summed E-state index contributed by atoms with van der Waals surface area (Å²) >= 11 is 0. The second-order valence-corrected chi connectivity index (χ2v) is 7.42. The van der Waals surface area contributed by atoms with E-state index < -0.39 is 5.60 Å². The Bertz CT molecular complexity index is 1110. The molecule has 0 radical (unpaired) electrons. The van der Waals surface area contributed by atoms with Gasteiger partial charge in [-0.15, -0.1) is 0 Å². The van der Waals surface area contributed by atoms with Gasteiger partial charge in [0, 0.05) is 11.1 Å². The molecular weight excluding hydrogens is 396 g/mol. The minimum Gasteiger partial charge on any atom is -0.490 e. The highest BCUT2D eigenvalue weighted by atomic mass is 16.5. The van der Waals surface area contributed by atoms with E-state index in [1.54, 1.807) is 0 Å². The van der Waals surface area contributed by atoms with Crippen LogP contribution in [-0.4, -0.2) is 13.2 Å². The number of hydrogen-bond acceptors (Lipinski definition) is 3. The van der Waals surface area contributed by atoms with Crippen LogP contribution in [0.1, 0.15) is 30.5 Å². The summed E-state index contributed by atoms with van der Waals surface area (Å²) in [5, 5.41) is 0. The predicted molar refractivity (Wildman–Crippen MR) is 131 cm³/mol. The second kappa shape index (κ2) is 10.1. The summed E-state index contributed by atoms with van der Waals surface area (Å²) in [5.74, 6) is 2.34. The van der Waals surface area contributed by atoms with Gasteiger partial charge in [0.2, 0.25) is 0 Å². The van der Waals surface area contributed by atoms with E-state index in [0.717, 1.165) is 33.9 Å². The van der Waals surface area contributed by atoms with Crippen molar-refractivity contribution >= 4 is 11.8 Å². The maximum atomic E-state index is 6.64. The zero-order valence-electron chi connectivity index (χ0n) is 18.5. The van der Waals surface area contributed by atoms with E-state index in [2.05, 4.69) is 48.6 Å². The molecule has 1 aliphatic rings. The molecule has 0 saturated heterocycles. The van der Waals surface area contributed by atoms with Crippen LogP contribution >= 0.6 is 0 Å². The van der Waals surface area contributed by atoms with Crippen molar-refractivity contribution in [3.63, 3.8) is 0 Å². The fraction of sp³-hybridized carbons (Fsp3) is 0.172.